The molecule has 0 amide bonds. The summed E-state index contributed by atoms with van der Waals surface area (Å²) in [6, 6.07) is 1.70. The van der Waals surface area contributed by atoms with Gasteiger partial charge in [0.15, 0.2) is 0 Å². The molecule has 0 radical (unpaired) electrons. The van der Waals surface area contributed by atoms with Crippen LogP contribution in [0.25, 0.3) is 0 Å². The largest absolute Gasteiger partial charge is 0.281 e. The molecule has 1 aromatic rings. The van der Waals surface area contributed by atoms with E-state index in [2.05, 4.69) is 19.6 Å². The number of hydrogen-bond donors (Lipinski definition) is 3. The van der Waals surface area contributed by atoms with Gasteiger partial charge in [0.1, 0.15) is 0 Å². The van der Waals surface area contributed by atoms with Crippen molar-refractivity contribution in [2.45, 2.75) is 13.5 Å². The van der Waals surface area contributed by atoms with Crippen LogP contribution in [0.2, 0.25) is 0 Å². The molecule has 0 fully saturated rings. The van der Waals surface area contributed by atoms with Crippen LogP contribution in [0.3, 0.4) is 0 Å². The molecule has 1 aromatic heterocycles. The van der Waals surface area contributed by atoms with Gasteiger partial charge in [0.25, 0.3) is 10.2 Å². The first-order valence-corrected chi connectivity index (χ1v) is 5.35. The minimum Gasteiger partial charge on any atom is -0.281 e. The van der Waals surface area contributed by atoms with Crippen molar-refractivity contribution in [1.29, 1.82) is 0 Å². The Morgan fingerprint density at radius 1 is 1.54 bits per heavy atom. The molecular formula is C6H12N4O2S. The van der Waals surface area contributed by atoms with Gasteiger partial charge in [0.2, 0.25) is 0 Å². The average molecular weight is 204 g/mol. The number of hydrogen-bond acceptors (Lipinski definition) is 3. The second-order valence-corrected chi connectivity index (χ2v) is 3.99. The van der Waals surface area contributed by atoms with E-state index in [4.69, 9.17) is 0 Å². The minimum atomic E-state index is -3.36. The van der Waals surface area contributed by atoms with E-state index in [1.54, 1.807) is 19.2 Å². The van der Waals surface area contributed by atoms with Gasteiger partial charge in [-0.25, -0.2) is 4.72 Å². The number of nitrogens with one attached hydrogen (secondary N) is 3. The lowest BCUT2D eigenvalue weighted by molar-refractivity contribution is 0.567. The van der Waals surface area contributed by atoms with Crippen LogP contribution >= 0.6 is 0 Å². The molecule has 0 aromatic carbocycles. The highest BCUT2D eigenvalue weighted by Gasteiger charge is 2.06. The van der Waals surface area contributed by atoms with Crippen LogP contribution in [0, 0.1) is 0 Å². The first-order valence-electron chi connectivity index (χ1n) is 3.86. The van der Waals surface area contributed by atoms with E-state index >= 15 is 0 Å². The molecule has 1 rings (SSSR count). The molecule has 6 nitrogen and oxygen atoms in total. The summed E-state index contributed by atoms with van der Waals surface area (Å²) in [4.78, 5) is 0. The van der Waals surface area contributed by atoms with Crippen LogP contribution in [0.15, 0.2) is 12.3 Å². The highest BCUT2D eigenvalue weighted by molar-refractivity contribution is 7.87. The molecule has 7 heteroatoms. The summed E-state index contributed by atoms with van der Waals surface area (Å²) in [5.74, 6) is 0. The maximum atomic E-state index is 11.1. The maximum Gasteiger partial charge on any atom is 0.277 e. The van der Waals surface area contributed by atoms with Gasteiger partial charge in [0.05, 0.1) is 12.2 Å². The smallest absolute Gasteiger partial charge is 0.277 e. The molecule has 0 unspecified atom stereocenters. The van der Waals surface area contributed by atoms with Crippen LogP contribution in [0.1, 0.15) is 12.6 Å². The van der Waals surface area contributed by atoms with E-state index in [0.717, 1.165) is 5.69 Å². The van der Waals surface area contributed by atoms with E-state index in [9.17, 15) is 8.42 Å². The zero-order valence-corrected chi connectivity index (χ0v) is 8.06. The summed E-state index contributed by atoms with van der Waals surface area (Å²) in [6.45, 7) is 2.31. The minimum absolute atomic E-state index is 0.218. The molecule has 0 saturated carbocycles. The molecule has 0 aliphatic rings. The van der Waals surface area contributed by atoms with Gasteiger partial charge in [-0.3, -0.25) is 5.10 Å². The first-order chi connectivity index (χ1) is 6.14. The molecule has 0 bridgehead atoms. The third-order valence-electron chi connectivity index (χ3n) is 1.35. The van der Waals surface area contributed by atoms with Gasteiger partial charge in [0, 0.05) is 12.7 Å². The van der Waals surface area contributed by atoms with Gasteiger partial charge >= 0.3 is 0 Å². The SMILES string of the molecule is CCNS(=O)(=O)NCc1ccn[nH]1. The lowest BCUT2D eigenvalue weighted by atomic mass is 10.4. The van der Waals surface area contributed by atoms with Crippen LogP contribution in [0.4, 0.5) is 0 Å². The highest BCUT2D eigenvalue weighted by Crippen LogP contribution is 1.90. The zero-order chi connectivity index (χ0) is 9.73. The number of aromatic amines is 1. The van der Waals surface area contributed by atoms with Crippen molar-refractivity contribution in [2.75, 3.05) is 6.54 Å². The van der Waals surface area contributed by atoms with Crippen molar-refractivity contribution < 1.29 is 8.42 Å². The predicted molar refractivity (Wildman–Crippen MR) is 48.0 cm³/mol. The Labute approximate surface area is 76.9 Å². The summed E-state index contributed by atoms with van der Waals surface area (Å²) >= 11 is 0. The van der Waals surface area contributed by atoms with Crippen molar-refractivity contribution in [2.24, 2.45) is 0 Å². The van der Waals surface area contributed by atoms with Crippen molar-refractivity contribution >= 4 is 10.2 Å². The number of aromatic nitrogens is 2. The van der Waals surface area contributed by atoms with Gasteiger partial charge in [-0.2, -0.15) is 18.2 Å². The van der Waals surface area contributed by atoms with E-state index < -0.39 is 10.2 Å². The Bertz CT molecular complexity index is 332. The third kappa shape index (κ3) is 3.53. The molecule has 0 spiro atoms. The molecule has 0 saturated heterocycles. The maximum absolute atomic E-state index is 11.1. The van der Waals surface area contributed by atoms with Crippen molar-refractivity contribution in [3.05, 3.63) is 18.0 Å². The van der Waals surface area contributed by atoms with Crippen LogP contribution in [-0.4, -0.2) is 25.2 Å². The lowest BCUT2D eigenvalue weighted by Crippen LogP contribution is -2.35. The molecule has 0 aliphatic heterocycles. The molecule has 0 aliphatic carbocycles. The summed E-state index contributed by atoms with van der Waals surface area (Å²) in [6.07, 6.45) is 1.57. The van der Waals surface area contributed by atoms with Gasteiger partial charge in [-0.1, -0.05) is 6.92 Å². The zero-order valence-electron chi connectivity index (χ0n) is 7.24. The molecule has 1 heterocycles. The molecule has 13 heavy (non-hydrogen) atoms. The van der Waals surface area contributed by atoms with Crippen LogP contribution in [0.5, 0.6) is 0 Å². The fourth-order valence-electron chi connectivity index (χ4n) is 0.797. The van der Waals surface area contributed by atoms with E-state index in [1.165, 1.54) is 0 Å². The van der Waals surface area contributed by atoms with Crippen molar-refractivity contribution in [3.63, 3.8) is 0 Å². The lowest BCUT2D eigenvalue weighted by Gasteiger charge is -2.04. The fraction of sp³-hybridized carbons (Fsp3) is 0.500. The van der Waals surface area contributed by atoms with Crippen molar-refractivity contribution in [1.82, 2.24) is 19.6 Å². The van der Waals surface area contributed by atoms with E-state index in [-0.39, 0.29) is 6.54 Å². The van der Waals surface area contributed by atoms with E-state index in [1.807, 2.05) is 0 Å². The standard InChI is InChI=1S/C6H12N4O2S/c1-2-8-13(11,12)9-5-6-3-4-7-10-6/h3-4,8-9H,2,5H2,1H3,(H,7,10). The average Bonchev–Trinajstić information content (AvgIpc) is 2.52. The van der Waals surface area contributed by atoms with Gasteiger partial charge < -0.3 is 0 Å². The Kier molecular flexibility index (Phi) is 3.40. The quantitative estimate of drug-likeness (QED) is 0.596. The third-order valence-corrected chi connectivity index (χ3v) is 2.54. The Morgan fingerprint density at radius 3 is 2.85 bits per heavy atom. The normalized spacial score (nSPS) is 11.8. The van der Waals surface area contributed by atoms with Crippen molar-refractivity contribution in [3.8, 4) is 0 Å². The Hall–Kier alpha value is -0.920. The Balaban J connectivity index is 2.43. The first kappa shape index (κ1) is 10.2. The monoisotopic (exact) mass is 204 g/mol. The summed E-state index contributed by atoms with van der Waals surface area (Å²) in [7, 11) is -3.36. The molecular weight excluding hydrogens is 192 g/mol. The summed E-state index contributed by atoms with van der Waals surface area (Å²) < 4.78 is 26.8. The van der Waals surface area contributed by atoms with E-state index in [0.29, 0.717) is 6.54 Å². The molecule has 0 atom stereocenters. The van der Waals surface area contributed by atoms with Crippen LogP contribution < -0.4 is 9.44 Å². The van der Waals surface area contributed by atoms with Crippen LogP contribution in [-0.2, 0) is 16.8 Å². The van der Waals surface area contributed by atoms with Gasteiger partial charge in [-0.05, 0) is 6.07 Å². The summed E-state index contributed by atoms with van der Waals surface area (Å²) in [5, 5.41) is 6.34. The second-order valence-electron chi connectivity index (χ2n) is 2.40. The second kappa shape index (κ2) is 4.35. The topological polar surface area (TPSA) is 86.9 Å². The molecule has 3 N–H and O–H groups in total. The summed E-state index contributed by atoms with van der Waals surface area (Å²) in [5.41, 5.74) is 0.724. The fourth-order valence-corrected chi connectivity index (χ4v) is 1.62. The Morgan fingerprint density at radius 2 is 2.31 bits per heavy atom. The van der Waals surface area contributed by atoms with Gasteiger partial charge in [-0.15, -0.1) is 0 Å². The predicted octanol–water partition coefficient (Wildman–Crippen LogP) is -0.646. The number of H-pyrrole nitrogens is 1. The number of nitrogens with zero attached hydrogens (tertiary/aromatic N) is 1. The molecule has 74 valence electrons. The number of rotatable bonds is 5. The highest BCUT2D eigenvalue weighted by atomic mass is 32.2.